The molecular formula is C12H15N3O2S2. The van der Waals surface area contributed by atoms with Crippen LogP contribution in [0.4, 0.5) is 10.8 Å². The Hall–Kier alpha value is -1.60. The lowest BCUT2D eigenvalue weighted by atomic mass is 10.2. The van der Waals surface area contributed by atoms with E-state index in [1.165, 1.54) is 11.3 Å². The van der Waals surface area contributed by atoms with Gasteiger partial charge in [0.2, 0.25) is 10.0 Å². The lowest BCUT2D eigenvalue weighted by Crippen LogP contribution is -2.14. The van der Waals surface area contributed by atoms with Crippen molar-refractivity contribution in [3.63, 3.8) is 0 Å². The molecule has 0 radical (unpaired) electrons. The Morgan fingerprint density at radius 2 is 1.89 bits per heavy atom. The van der Waals surface area contributed by atoms with E-state index in [4.69, 9.17) is 5.73 Å². The molecule has 19 heavy (non-hydrogen) atoms. The van der Waals surface area contributed by atoms with Crippen LogP contribution >= 0.6 is 11.3 Å². The lowest BCUT2D eigenvalue weighted by Gasteiger charge is -2.05. The van der Waals surface area contributed by atoms with Gasteiger partial charge in [0.15, 0.2) is 5.13 Å². The van der Waals surface area contributed by atoms with Crippen LogP contribution in [0, 0.1) is 13.8 Å². The van der Waals surface area contributed by atoms with Gasteiger partial charge < -0.3 is 5.73 Å². The summed E-state index contributed by atoms with van der Waals surface area (Å²) in [4.78, 5) is 5.16. The third kappa shape index (κ3) is 3.68. The topological polar surface area (TPSA) is 85.1 Å². The summed E-state index contributed by atoms with van der Waals surface area (Å²) in [6.07, 6.45) is 0. The van der Waals surface area contributed by atoms with Crippen molar-refractivity contribution in [1.29, 1.82) is 0 Å². The van der Waals surface area contributed by atoms with E-state index in [1.54, 1.807) is 24.3 Å². The third-order valence-electron chi connectivity index (χ3n) is 2.61. The van der Waals surface area contributed by atoms with Crippen molar-refractivity contribution < 1.29 is 8.42 Å². The van der Waals surface area contributed by atoms with Gasteiger partial charge >= 0.3 is 0 Å². The molecule has 0 aliphatic rings. The van der Waals surface area contributed by atoms with Gasteiger partial charge in [-0.25, -0.2) is 13.4 Å². The first-order valence-corrected chi connectivity index (χ1v) is 8.11. The van der Waals surface area contributed by atoms with Crippen molar-refractivity contribution >= 4 is 32.2 Å². The van der Waals surface area contributed by atoms with Crippen LogP contribution in [0.5, 0.6) is 0 Å². The highest BCUT2D eigenvalue weighted by atomic mass is 32.2. The predicted octanol–water partition coefficient (Wildman–Crippen LogP) is 2.28. The Kier molecular flexibility index (Phi) is 3.77. The zero-order valence-corrected chi connectivity index (χ0v) is 12.3. The van der Waals surface area contributed by atoms with Crippen LogP contribution in [-0.2, 0) is 15.8 Å². The van der Waals surface area contributed by atoms with E-state index in [0.717, 1.165) is 10.6 Å². The molecule has 0 amide bonds. The van der Waals surface area contributed by atoms with Gasteiger partial charge in [-0.3, -0.25) is 4.72 Å². The van der Waals surface area contributed by atoms with E-state index >= 15 is 0 Å². The number of hydrogen-bond acceptors (Lipinski definition) is 5. The standard InChI is InChI=1S/C12H15N3O2S2/c1-8-9(2)18-12(14-8)15-19(16,17)7-10-3-5-11(13)6-4-10/h3-6H,7,13H2,1-2H3,(H,14,15). The molecule has 0 aliphatic heterocycles. The molecule has 0 atom stereocenters. The summed E-state index contributed by atoms with van der Waals surface area (Å²) in [7, 11) is -3.45. The molecule has 0 aliphatic carbocycles. The van der Waals surface area contributed by atoms with Gasteiger partial charge in [0.1, 0.15) is 0 Å². The van der Waals surface area contributed by atoms with Crippen molar-refractivity contribution in [2.75, 3.05) is 10.5 Å². The molecule has 0 saturated heterocycles. The average molecular weight is 297 g/mol. The van der Waals surface area contributed by atoms with Gasteiger partial charge in [-0.05, 0) is 31.5 Å². The second-order valence-corrected chi connectivity index (χ2v) is 7.19. The summed E-state index contributed by atoms with van der Waals surface area (Å²) < 4.78 is 26.5. The molecule has 7 heteroatoms. The number of nitrogen functional groups attached to an aromatic ring is 1. The quantitative estimate of drug-likeness (QED) is 0.848. The van der Waals surface area contributed by atoms with Gasteiger partial charge in [-0.15, -0.1) is 11.3 Å². The second kappa shape index (κ2) is 5.18. The SMILES string of the molecule is Cc1nc(NS(=O)(=O)Cc2ccc(N)cc2)sc1C. The Labute approximate surface area is 116 Å². The number of nitrogens with zero attached hydrogens (tertiary/aromatic N) is 1. The second-order valence-electron chi connectivity index (χ2n) is 4.26. The van der Waals surface area contributed by atoms with E-state index in [-0.39, 0.29) is 5.75 Å². The molecule has 102 valence electrons. The highest BCUT2D eigenvalue weighted by Crippen LogP contribution is 2.23. The lowest BCUT2D eigenvalue weighted by molar-refractivity contribution is 0.600. The molecule has 5 nitrogen and oxygen atoms in total. The number of thiazole rings is 1. The van der Waals surface area contributed by atoms with Crippen LogP contribution in [0.25, 0.3) is 0 Å². The molecule has 0 unspecified atom stereocenters. The molecule has 1 aromatic heterocycles. The maximum Gasteiger partial charge on any atom is 0.238 e. The number of nitrogens with one attached hydrogen (secondary N) is 1. The molecule has 0 saturated carbocycles. The first-order chi connectivity index (χ1) is 8.85. The number of aromatic nitrogens is 1. The summed E-state index contributed by atoms with van der Waals surface area (Å²) in [6.45, 7) is 3.76. The molecule has 3 N–H and O–H groups in total. The van der Waals surface area contributed by atoms with E-state index in [1.807, 2.05) is 13.8 Å². The fourth-order valence-electron chi connectivity index (χ4n) is 1.52. The third-order valence-corrected chi connectivity index (χ3v) is 4.94. The number of sulfonamides is 1. The average Bonchev–Trinajstić information content (AvgIpc) is 2.60. The predicted molar refractivity (Wildman–Crippen MR) is 78.7 cm³/mol. The van der Waals surface area contributed by atoms with E-state index in [0.29, 0.717) is 16.4 Å². The zero-order valence-electron chi connectivity index (χ0n) is 10.7. The van der Waals surface area contributed by atoms with Crippen molar-refractivity contribution in [2.24, 2.45) is 0 Å². The molecule has 2 rings (SSSR count). The minimum atomic E-state index is -3.45. The van der Waals surface area contributed by atoms with Gasteiger partial charge in [0.25, 0.3) is 0 Å². The summed E-state index contributed by atoms with van der Waals surface area (Å²) >= 11 is 1.33. The van der Waals surface area contributed by atoms with Crippen LogP contribution in [-0.4, -0.2) is 13.4 Å². The fourth-order valence-corrected chi connectivity index (χ4v) is 3.75. The van der Waals surface area contributed by atoms with Crippen LogP contribution < -0.4 is 10.5 Å². The minimum absolute atomic E-state index is 0.0923. The van der Waals surface area contributed by atoms with Gasteiger partial charge in [0, 0.05) is 10.6 Å². The smallest absolute Gasteiger partial charge is 0.238 e. The first kappa shape index (κ1) is 13.8. The van der Waals surface area contributed by atoms with E-state index < -0.39 is 10.0 Å². The van der Waals surface area contributed by atoms with E-state index in [2.05, 4.69) is 9.71 Å². The Morgan fingerprint density at radius 1 is 1.26 bits per heavy atom. The molecule has 1 heterocycles. The highest BCUT2D eigenvalue weighted by Gasteiger charge is 2.14. The van der Waals surface area contributed by atoms with Crippen molar-refractivity contribution in [3.8, 4) is 0 Å². The molecule has 0 bridgehead atoms. The minimum Gasteiger partial charge on any atom is -0.399 e. The van der Waals surface area contributed by atoms with Crippen LogP contribution in [0.1, 0.15) is 16.1 Å². The molecule has 0 spiro atoms. The van der Waals surface area contributed by atoms with Gasteiger partial charge in [0.05, 0.1) is 11.4 Å². The van der Waals surface area contributed by atoms with Crippen LogP contribution in [0.2, 0.25) is 0 Å². The number of anilines is 2. The van der Waals surface area contributed by atoms with Crippen molar-refractivity contribution in [3.05, 3.63) is 40.4 Å². The fraction of sp³-hybridized carbons (Fsp3) is 0.250. The number of rotatable bonds is 4. The normalized spacial score (nSPS) is 11.5. The number of hydrogen-bond donors (Lipinski definition) is 2. The number of aryl methyl sites for hydroxylation is 2. The monoisotopic (exact) mass is 297 g/mol. The van der Waals surface area contributed by atoms with Crippen molar-refractivity contribution in [1.82, 2.24) is 4.98 Å². The van der Waals surface area contributed by atoms with Gasteiger partial charge in [-0.2, -0.15) is 0 Å². The molecular weight excluding hydrogens is 282 g/mol. The zero-order chi connectivity index (χ0) is 14.0. The van der Waals surface area contributed by atoms with Crippen molar-refractivity contribution in [2.45, 2.75) is 19.6 Å². The summed E-state index contributed by atoms with van der Waals surface area (Å²) in [5.74, 6) is -0.0923. The van der Waals surface area contributed by atoms with Crippen LogP contribution in [0.15, 0.2) is 24.3 Å². The van der Waals surface area contributed by atoms with Gasteiger partial charge in [-0.1, -0.05) is 12.1 Å². The largest absolute Gasteiger partial charge is 0.399 e. The highest BCUT2D eigenvalue weighted by molar-refractivity contribution is 7.92. The molecule has 0 fully saturated rings. The molecule has 1 aromatic carbocycles. The maximum absolute atomic E-state index is 12.0. The Balaban J connectivity index is 2.12. The number of nitrogens with two attached hydrogens (primary N) is 1. The first-order valence-electron chi connectivity index (χ1n) is 5.65. The Morgan fingerprint density at radius 3 is 2.42 bits per heavy atom. The summed E-state index contributed by atoms with van der Waals surface area (Å²) in [5, 5.41) is 0.408. The Bertz CT molecular complexity index is 656. The van der Waals surface area contributed by atoms with E-state index in [9.17, 15) is 8.42 Å². The van der Waals surface area contributed by atoms with Crippen LogP contribution in [0.3, 0.4) is 0 Å². The molecule has 2 aromatic rings. The summed E-state index contributed by atoms with van der Waals surface area (Å²) in [6, 6.07) is 6.77. The maximum atomic E-state index is 12.0. The summed E-state index contributed by atoms with van der Waals surface area (Å²) in [5.41, 5.74) is 7.70. The number of benzene rings is 1.